The molecule has 0 spiro atoms. The number of amides is 1. The number of nitrogens with one attached hydrogen (secondary N) is 1. The van der Waals surface area contributed by atoms with Crippen molar-refractivity contribution in [3.63, 3.8) is 0 Å². The second kappa shape index (κ2) is 5.63. The number of rotatable bonds is 4. The molecule has 108 valence electrons. The normalized spacial score (nSPS) is 14.2. The van der Waals surface area contributed by atoms with Crippen molar-refractivity contribution in [1.29, 1.82) is 0 Å². The van der Waals surface area contributed by atoms with E-state index in [2.05, 4.69) is 5.32 Å². The standard InChI is InChI=1S/C15H19FN2O2/c1-8(10(3)17)15(19)18-7-14-9(2)12-6-11(16)4-5-13(12)20-14/h4-6,8,10H,7,17H2,1-3H3,(H,18,19). The second-order valence-corrected chi connectivity index (χ2v) is 5.16. The largest absolute Gasteiger partial charge is 0.459 e. The molecule has 1 aromatic carbocycles. The molecule has 0 saturated heterocycles. The summed E-state index contributed by atoms with van der Waals surface area (Å²) in [7, 11) is 0. The summed E-state index contributed by atoms with van der Waals surface area (Å²) in [6.07, 6.45) is 0. The zero-order valence-corrected chi connectivity index (χ0v) is 11.9. The molecule has 0 fully saturated rings. The van der Waals surface area contributed by atoms with Gasteiger partial charge in [0, 0.05) is 22.9 Å². The Kier molecular flexibility index (Phi) is 4.09. The van der Waals surface area contributed by atoms with E-state index in [0.29, 0.717) is 11.3 Å². The van der Waals surface area contributed by atoms with Crippen LogP contribution in [0.2, 0.25) is 0 Å². The molecule has 2 atom stereocenters. The predicted molar refractivity (Wildman–Crippen MR) is 75.6 cm³/mol. The van der Waals surface area contributed by atoms with E-state index in [4.69, 9.17) is 10.2 Å². The Hall–Kier alpha value is -1.88. The maximum Gasteiger partial charge on any atom is 0.224 e. The lowest BCUT2D eigenvalue weighted by Crippen LogP contribution is -2.38. The topological polar surface area (TPSA) is 68.3 Å². The molecule has 5 heteroatoms. The summed E-state index contributed by atoms with van der Waals surface area (Å²) in [6, 6.07) is 4.17. The third kappa shape index (κ3) is 2.82. The molecule has 0 radical (unpaired) electrons. The van der Waals surface area contributed by atoms with Gasteiger partial charge in [-0.05, 0) is 32.0 Å². The fourth-order valence-electron chi connectivity index (χ4n) is 1.98. The van der Waals surface area contributed by atoms with Crippen LogP contribution in [-0.2, 0) is 11.3 Å². The van der Waals surface area contributed by atoms with Crippen LogP contribution in [0.3, 0.4) is 0 Å². The molecule has 0 aliphatic rings. The highest BCUT2D eigenvalue weighted by Crippen LogP contribution is 2.25. The summed E-state index contributed by atoms with van der Waals surface area (Å²) in [5.41, 5.74) is 7.15. The van der Waals surface area contributed by atoms with E-state index >= 15 is 0 Å². The Morgan fingerprint density at radius 3 is 2.80 bits per heavy atom. The lowest BCUT2D eigenvalue weighted by molar-refractivity contribution is -0.125. The van der Waals surface area contributed by atoms with Gasteiger partial charge in [0.1, 0.15) is 17.2 Å². The highest BCUT2D eigenvalue weighted by atomic mass is 19.1. The molecular formula is C15H19FN2O2. The first-order valence-corrected chi connectivity index (χ1v) is 6.61. The SMILES string of the molecule is Cc1c(CNC(=O)C(C)C(C)N)oc2ccc(F)cc12. The first-order valence-electron chi connectivity index (χ1n) is 6.61. The summed E-state index contributed by atoms with van der Waals surface area (Å²) in [6.45, 7) is 5.69. The van der Waals surface area contributed by atoms with Crippen molar-refractivity contribution in [2.75, 3.05) is 0 Å². The number of nitrogens with two attached hydrogens (primary N) is 1. The Bertz CT molecular complexity index is 634. The van der Waals surface area contributed by atoms with E-state index < -0.39 is 0 Å². The molecule has 1 amide bonds. The molecule has 0 saturated carbocycles. The number of fused-ring (bicyclic) bond motifs is 1. The molecule has 0 aliphatic heterocycles. The molecule has 3 N–H and O–H groups in total. The Morgan fingerprint density at radius 1 is 1.45 bits per heavy atom. The van der Waals surface area contributed by atoms with Gasteiger partial charge < -0.3 is 15.5 Å². The quantitative estimate of drug-likeness (QED) is 0.902. The molecular weight excluding hydrogens is 259 g/mol. The first kappa shape index (κ1) is 14.5. The van der Waals surface area contributed by atoms with Crippen molar-refractivity contribution in [2.45, 2.75) is 33.4 Å². The number of benzene rings is 1. The van der Waals surface area contributed by atoms with Gasteiger partial charge in [-0.15, -0.1) is 0 Å². The van der Waals surface area contributed by atoms with Gasteiger partial charge in [-0.1, -0.05) is 6.92 Å². The molecule has 1 heterocycles. The fourth-order valence-corrected chi connectivity index (χ4v) is 1.98. The molecule has 1 aromatic heterocycles. The molecule has 0 aliphatic carbocycles. The highest BCUT2D eigenvalue weighted by molar-refractivity contribution is 5.82. The van der Waals surface area contributed by atoms with E-state index in [-0.39, 0.29) is 30.2 Å². The number of hydrogen-bond acceptors (Lipinski definition) is 3. The number of carbonyl (C=O) groups is 1. The van der Waals surface area contributed by atoms with Gasteiger partial charge in [-0.25, -0.2) is 4.39 Å². The summed E-state index contributed by atoms with van der Waals surface area (Å²) in [5.74, 6) is -0.0541. The minimum absolute atomic E-state index is 0.119. The Balaban J connectivity index is 2.14. The van der Waals surface area contributed by atoms with Gasteiger partial charge in [0.15, 0.2) is 0 Å². The molecule has 20 heavy (non-hydrogen) atoms. The number of carbonyl (C=O) groups excluding carboxylic acids is 1. The zero-order chi connectivity index (χ0) is 14.9. The maximum atomic E-state index is 13.2. The predicted octanol–water partition coefficient (Wildman–Crippen LogP) is 2.48. The van der Waals surface area contributed by atoms with Crippen molar-refractivity contribution in [3.05, 3.63) is 35.3 Å². The van der Waals surface area contributed by atoms with Gasteiger partial charge >= 0.3 is 0 Å². The number of aryl methyl sites for hydroxylation is 1. The van der Waals surface area contributed by atoms with Crippen molar-refractivity contribution < 1.29 is 13.6 Å². The van der Waals surface area contributed by atoms with Crippen LogP contribution >= 0.6 is 0 Å². The Morgan fingerprint density at radius 2 is 2.15 bits per heavy atom. The maximum absolute atomic E-state index is 13.2. The summed E-state index contributed by atoms with van der Waals surface area (Å²) < 4.78 is 18.8. The van der Waals surface area contributed by atoms with E-state index in [0.717, 1.165) is 10.9 Å². The van der Waals surface area contributed by atoms with Gasteiger partial charge in [0.2, 0.25) is 5.91 Å². The second-order valence-electron chi connectivity index (χ2n) is 5.16. The van der Waals surface area contributed by atoms with E-state index in [9.17, 15) is 9.18 Å². The average molecular weight is 278 g/mol. The molecule has 4 nitrogen and oxygen atoms in total. The summed E-state index contributed by atoms with van der Waals surface area (Å²) in [4.78, 5) is 11.8. The average Bonchev–Trinajstić information content (AvgIpc) is 2.72. The van der Waals surface area contributed by atoms with Crippen LogP contribution in [0.5, 0.6) is 0 Å². The number of halogens is 1. The van der Waals surface area contributed by atoms with Crippen LogP contribution in [0.15, 0.2) is 22.6 Å². The van der Waals surface area contributed by atoms with Gasteiger partial charge in [0.05, 0.1) is 6.54 Å². The minimum Gasteiger partial charge on any atom is -0.459 e. The number of furan rings is 1. The van der Waals surface area contributed by atoms with E-state index in [1.54, 1.807) is 19.9 Å². The van der Waals surface area contributed by atoms with Gasteiger partial charge in [-0.3, -0.25) is 4.79 Å². The van der Waals surface area contributed by atoms with Crippen molar-refractivity contribution >= 4 is 16.9 Å². The number of hydrogen-bond donors (Lipinski definition) is 2. The monoisotopic (exact) mass is 278 g/mol. The van der Waals surface area contributed by atoms with Gasteiger partial charge in [0.25, 0.3) is 0 Å². The molecule has 2 rings (SSSR count). The minimum atomic E-state index is -0.303. The van der Waals surface area contributed by atoms with Crippen molar-refractivity contribution in [2.24, 2.45) is 11.7 Å². The zero-order valence-electron chi connectivity index (χ0n) is 11.9. The summed E-state index contributed by atoms with van der Waals surface area (Å²) in [5, 5.41) is 3.52. The van der Waals surface area contributed by atoms with Gasteiger partial charge in [-0.2, -0.15) is 0 Å². The van der Waals surface area contributed by atoms with Crippen LogP contribution in [0.25, 0.3) is 11.0 Å². The lowest BCUT2D eigenvalue weighted by Gasteiger charge is -2.14. The van der Waals surface area contributed by atoms with Crippen LogP contribution in [0.1, 0.15) is 25.2 Å². The fraction of sp³-hybridized carbons (Fsp3) is 0.400. The van der Waals surface area contributed by atoms with E-state index in [1.807, 2.05) is 6.92 Å². The highest BCUT2D eigenvalue weighted by Gasteiger charge is 2.18. The van der Waals surface area contributed by atoms with Crippen LogP contribution in [0.4, 0.5) is 4.39 Å². The smallest absolute Gasteiger partial charge is 0.224 e. The lowest BCUT2D eigenvalue weighted by atomic mass is 10.0. The molecule has 2 unspecified atom stereocenters. The third-order valence-corrected chi connectivity index (χ3v) is 3.62. The van der Waals surface area contributed by atoms with Crippen LogP contribution in [0, 0.1) is 18.7 Å². The first-order chi connectivity index (χ1) is 9.40. The van der Waals surface area contributed by atoms with E-state index in [1.165, 1.54) is 12.1 Å². The Labute approximate surface area is 117 Å². The third-order valence-electron chi connectivity index (χ3n) is 3.62. The molecule has 2 aromatic rings. The van der Waals surface area contributed by atoms with Crippen molar-refractivity contribution in [3.8, 4) is 0 Å². The molecule has 0 bridgehead atoms. The van der Waals surface area contributed by atoms with Crippen LogP contribution in [-0.4, -0.2) is 11.9 Å². The summed E-state index contributed by atoms with van der Waals surface area (Å²) >= 11 is 0. The van der Waals surface area contributed by atoms with Crippen molar-refractivity contribution in [1.82, 2.24) is 5.32 Å². The van der Waals surface area contributed by atoms with Crippen LogP contribution < -0.4 is 11.1 Å².